The number of nitrogens with two attached hydrogens (primary N) is 1. The highest BCUT2D eigenvalue weighted by atomic mass is 16.1. The third-order valence-corrected chi connectivity index (χ3v) is 2.76. The van der Waals surface area contributed by atoms with E-state index >= 15 is 0 Å². The van der Waals surface area contributed by atoms with Gasteiger partial charge in [-0.3, -0.25) is 4.79 Å². The van der Waals surface area contributed by atoms with Crippen molar-refractivity contribution in [1.82, 2.24) is 14.9 Å². The second kappa shape index (κ2) is 5.46. The number of rotatable bonds is 4. The molecule has 0 saturated heterocycles. The number of nitrogens with one attached hydrogen (secondary N) is 1. The molecule has 1 amide bonds. The number of carbonyl (C=O) groups is 1. The summed E-state index contributed by atoms with van der Waals surface area (Å²) >= 11 is 0. The first-order valence-corrected chi connectivity index (χ1v) is 5.73. The lowest BCUT2D eigenvalue weighted by atomic mass is 10.1. The standard InChI is InChI=1S/C13H16N4O/c1-17-9-15-8-12(17)13(18)16-7-11-4-2-10(6-14)3-5-11/h2-5,8-9H,6-7,14H2,1H3,(H,16,18). The lowest BCUT2D eigenvalue weighted by Gasteiger charge is -2.06. The third-order valence-electron chi connectivity index (χ3n) is 2.76. The number of carbonyl (C=O) groups excluding carboxylic acids is 1. The number of hydrogen-bond donors (Lipinski definition) is 2. The molecule has 0 atom stereocenters. The Labute approximate surface area is 106 Å². The van der Waals surface area contributed by atoms with Gasteiger partial charge < -0.3 is 15.6 Å². The number of aryl methyl sites for hydroxylation is 1. The Kier molecular flexibility index (Phi) is 3.74. The van der Waals surface area contributed by atoms with Gasteiger partial charge in [-0.15, -0.1) is 0 Å². The van der Waals surface area contributed by atoms with Crippen LogP contribution in [-0.2, 0) is 20.1 Å². The Morgan fingerprint density at radius 3 is 2.56 bits per heavy atom. The zero-order chi connectivity index (χ0) is 13.0. The second-order valence-corrected chi connectivity index (χ2v) is 4.09. The average molecular weight is 244 g/mol. The SMILES string of the molecule is Cn1cncc1C(=O)NCc1ccc(CN)cc1. The van der Waals surface area contributed by atoms with Crippen molar-refractivity contribution in [3.63, 3.8) is 0 Å². The Balaban J connectivity index is 1.95. The highest BCUT2D eigenvalue weighted by Crippen LogP contribution is 2.04. The maximum absolute atomic E-state index is 11.8. The topological polar surface area (TPSA) is 72.9 Å². The van der Waals surface area contributed by atoms with E-state index in [9.17, 15) is 4.79 Å². The minimum atomic E-state index is -0.127. The van der Waals surface area contributed by atoms with Crippen LogP contribution in [0.5, 0.6) is 0 Å². The minimum Gasteiger partial charge on any atom is -0.347 e. The van der Waals surface area contributed by atoms with Gasteiger partial charge in [0.1, 0.15) is 5.69 Å². The van der Waals surface area contributed by atoms with Gasteiger partial charge in [0, 0.05) is 20.1 Å². The predicted molar refractivity (Wildman–Crippen MR) is 68.7 cm³/mol. The fraction of sp³-hybridized carbons (Fsp3) is 0.231. The van der Waals surface area contributed by atoms with Crippen LogP contribution in [0.2, 0.25) is 0 Å². The van der Waals surface area contributed by atoms with Crippen molar-refractivity contribution in [2.75, 3.05) is 0 Å². The van der Waals surface area contributed by atoms with Crippen molar-refractivity contribution in [2.45, 2.75) is 13.1 Å². The highest BCUT2D eigenvalue weighted by Gasteiger charge is 2.08. The van der Waals surface area contributed by atoms with E-state index in [4.69, 9.17) is 5.73 Å². The Morgan fingerprint density at radius 1 is 1.33 bits per heavy atom. The van der Waals surface area contributed by atoms with Gasteiger partial charge in [0.15, 0.2) is 0 Å². The lowest BCUT2D eigenvalue weighted by Crippen LogP contribution is -2.24. The van der Waals surface area contributed by atoms with E-state index in [1.54, 1.807) is 24.1 Å². The number of benzene rings is 1. The molecular weight excluding hydrogens is 228 g/mol. The van der Waals surface area contributed by atoms with Crippen LogP contribution in [0.25, 0.3) is 0 Å². The number of aromatic nitrogens is 2. The highest BCUT2D eigenvalue weighted by molar-refractivity contribution is 5.92. The maximum Gasteiger partial charge on any atom is 0.269 e. The molecular formula is C13H16N4O. The summed E-state index contributed by atoms with van der Waals surface area (Å²) in [7, 11) is 1.79. The molecule has 1 aromatic heterocycles. The molecule has 1 aromatic carbocycles. The Morgan fingerprint density at radius 2 is 2.00 bits per heavy atom. The molecule has 0 bridgehead atoms. The Hall–Kier alpha value is -2.14. The summed E-state index contributed by atoms with van der Waals surface area (Å²) in [6.07, 6.45) is 3.15. The molecule has 5 heteroatoms. The summed E-state index contributed by atoms with van der Waals surface area (Å²) in [5, 5.41) is 2.85. The van der Waals surface area contributed by atoms with E-state index in [1.165, 1.54) is 0 Å². The van der Waals surface area contributed by atoms with Crippen LogP contribution < -0.4 is 11.1 Å². The van der Waals surface area contributed by atoms with E-state index in [1.807, 2.05) is 24.3 Å². The minimum absolute atomic E-state index is 0.127. The van der Waals surface area contributed by atoms with Gasteiger partial charge in [-0.1, -0.05) is 24.3 Å². The van der Waals surface area contributed by atoms with Gasteiger partial charge in [-0.25, -0.2) is 4.98 Å². The predicted octanol–water partition coefficient (Wildman–Crippen LogP) is 0.809. The molecule has 0 radical (unpaired) electrons. The number of imidazole rings is 1. The fourth-order valence-corrected chi connectivity index (χ4v) is 1.64. The molecule has 0 aliphatic carbocycles. The monoisotopic (exact) mass is 244 g/mol. The van der Waals surface area contributed by atoms with Crippen LogP contribution in [0.3, 0.4) is 0 Å². The van der Waals surface area contributed by atoms with E-state index in [-0.39, 0.29) is 5.91 Å². The van der Waals surface area contributed by atoms with E-state index in [2.05, 4.69) is 10.3 Å². The molecule has 5 nitrogen and oxygen atoms in total. The molecule has 0 spiro atoms. The van der Waals surface area contributed by atoms with Crippen molar-refractivity contribution in [1.29, 1.82) is 0 Å². The fourth-order valence-electron chi connectivity index (χ4n) is 1.64. The van der Waals surface area contributed by atoms with E-state index in [0.717, 1.165) is 11.1 Å². The summed E-state index contributed by atoms with van der Waals surface area (Å²) in [4.78, 5) is 15.7. The zero-order valence-electron chi connectivity index (χ0n) is 10.3. The van der Waals surface area contributed by atoms with Crippen LogP contribution >= 0.6 is 0 Å². The molecule has 3 N–H and O–H groups in total. The van der Waals surface area contributed by atoms with Crippen molar-refractivity contribution < 1.29 is 4.79 Å². The quantitative estimate of drug-likeness (QED) is 0.836. The first-order chi connectivity index (χ1) is 8.70. The van der Waals surface area contributed by atoms with Crippen LogP contribution in [0.4, 0.5) is 0 Å². The number of hydrogen-bond acceptors (Lipinski definition) is 3. The van der Waals surface area contributed by atoms with Gasteiger partial charge in [0.2, 0.25) is 0 Å². The van der Waals surface area contributed by atoms with Gasteiger partial charge in [-0.2, -0.15) is 0 Å². The second-order valence-electron chi connectivity index (χ2n) is 4.09. The average Bonchev–Trinajstić information content (AvgIpc) is 2.83. The Bertz CT molecular complexity index is 530. The van der Waals surface area contributed by atoms with Crippen LogP contribution in [0.1, 0.15) is 21.6 Å². The number of nitrogens with zero attached hydrogens (tertiary/aromatic N) is 2. The third kappa shape index (κ3) is 2.75. The van der Waals surface area contributed by atoms with Crippen LogP contribution in [0.15, 0.2) is 36.8 Å². The van der Waals surface area contributed by atoms with Crippen LogP contribution in [-0.4, -0.2) is 15.5 Å². The van der Waals surface area contributed by atoms with Crippen molar-refractivity contribution in [3.05, 3.63) is 53.6 Å². The van der Waals surface area contributed by atoms with E-state index < -0.39 is 0 Å². The van der Waals surface area contributed by atoms with Crippen molar-refractivity contribution in [3.8, 4) is 0 Å². The molecule has 1 heterocycles. The van der Waals surface area contributed by atoms with Crippen molar-refractivity contribution >= 4 is 5.91 Å². The lowest BCUT2D eigenvalue weighted by molar-refractivity contribution is 0.0942. The number of amides is 1. The van der Waals surface area contributed by atoms with Crippen molar-refractivity contribution in [2.24, 2.45) is 12.8 Å². The normalized spacial score (nSPS) is 10.3. The molecule has 0 fully saturated rings. The van der Waals surface area contributed by atoms with Gasteiger partial charge in [0.25, 0.3) is 5.91 Å². The molecule has 94 valence electrons. The maximum atomic E-state index is 11.8. The van der Waals surface area contributed by atoms with Crippen LogP contribution in [0, 0.1) is 0 Å². The molecule has 0 saturated carbocycles. The first kappa shape index (κ1) is 12.3. The summed E-state index contributed by atoms with van der Waals surface area (Å²) < 4.78 is 1.69. The first-order valence-electron chi connectivity index (χ1n) is 5.73. The summed E-state index contributed by atoms with van der Waals surface area (Å²) in [5.41, 5.74) is 8.20. The van der Waals surface area contributed by atoms with Gasteiger partial charge in [0.05, 0.1) is 12.5 Å². The van der Waals surface area contributed by atoms with Gasteiger partial charge in [-0.05, 0) is 11.1 Å². The summed E-state index contributed by atoms with van der Waals surface area (Å²) in [6, 6.07) is 7.86. The largest absolute Gasteiger partial charge is 0.347 e. The van der Waals surface area contributed by atoms with Gasteiger partial charge >= 0.3 is 0 Å². The molecule has 2 rings (SSSR count). The molecule has 18 heavy (non-hydrogen) atoms. The summed E-state index contributed by atoms with van der Waals surface area (Å²) in [5.74, 6) is -0.127. The molecule has 0 unspecified atom stereocenters. The molecule has 0 aliphatic rings. The molecule has 2 aromatic rings. The molecule has 0 aliphatic heterocycles. The smallest absolute Gasteiger partial charge is 0.269 e. The van der Waals surface area contributed by atoms with E-state index in [0.29, 0.717) is 18.8 Å². The summed E-state index contributed by atoms with van der Waals surface area (Å²) in [6.45, 7) is 1.02. The zero-order valence-corrected chi connectivity index (χ0v) is 10.3.